The predicted octanol–water partition coefficient (Wildman–Crippen LogP) is 3.10. The maximum atomic E-state index is 10.7. The van der Waals surface area contributed by atoms with Crippen LogP contribution in [0.1, 0.15) is 11.1 Å². The summed E-state index contributed by atoms with van der Waals surface area (Å²) in [7, 11) is 0. The quantitative estimate of drug-likeness (QED) is 0.785. The number of carbonyl (C=O) groups is 1. The van der Waals surface area contributed by atoms with Crippen LogP contribution in [0.25, 0.3) is 0 Å². The van der Waals surface area contributed by atoms with Crippen LogP contribution in [-0.2, 0) is 6.54 Å². The van der Waals surface area contributed by atoms with Crippen LogP contribution in [-0.4, -0.2) is 6.03 Å². The van der Waals surface area contributed by atoms with Crippen molar-refractivity contribution in [3.8, 4) is 0 Å². The summed E-state index contributed by atoms with van der Waals surface area (Å²) < 4.78 is 0. The van der Waals surface area contributed by atoms with Gasteiger partial charge in [-0.3, -0.25) is 0 Å². The molecule has 98 valence electrons. The molecule has 0 aromatic heterocycles. The van der Waals surface area contributed by atoms with Crippen molar-refractivity contribution in [1.29, 1.82) is 0 Å². The molecule has 2 amide bonds. The minimum Gasteiger partial charge on any atom is -0.381 e. The SMILES string of the molecule is Cc1ccc(CNc2ccc(NC(N)=O)cc2)cc1. The fourth-order valence-electron chi connectivity index (χ4n) is 1.72. The number of primary amides is 1. The Morgan fingerprint density at radius 1 is 1.00 bits per heavy atom. The second-order valence-corrected chi connectivity index (χ2v) is 4.41. The molecule has 0 fully saturated rings. The zero-order valence-corrected chi connectivity index (χ0v) is 10.8. The summed E-state index contributed by atoms with van der Waals surface area (Å²) in [5.74, 6) is 0. The highest BCUT2D eigenvalue weighted by Gasteiger charge is 1.97. The number of rotatable bonds is 4. The Morgan fingerprint density at radius 2 is 1.58 bits per heavy atom. The molecule has 19 heavy (non-hydrogen) atoms. The van der Waals surface area contributed by atoms with Crippen molar-refractivity contribution in [2.75, 3.05) is 10.6 Å². The Bertz CT molecular complexity index is 547. The Morgan fingerprint density at radius 3 is 2.16 bits per heavy atom. The zero-order valence-electron chi connectivity index (χ0n) is 10.8. The second kappa shape index (κ2) is 5.91. The smallest absolute Gasteiger partial charge is 0.316 e. The van der Waals surface area contributed by atoms with E-state index in [1.165, 1.54) is 11.1 Å². The van der Waals surface area contributed by atoms with E-state index < -0.39 is 6.03 Å². The normalized spacial score (nSPS) is 9.95. The van der Waals surface area contributed by atoms with E-state index >= 15 is 0 Å². The first-order valence-electron chi connectivity index (χ1n) is 6.09. The molecule has 0 aliphatic heterocycles. The van der Waals surface area contributed by atoms with Gasteiger partial charge in [-0.15, -0.1) is 0 Å². The van der Waals surface area contributed by atoms with Gasteiger partial charge in [0, 0.05) is 17.9 Å². The van der Waals surface area contributed by atoms with Gasteiger partial charge in [0.05, 0.1) is 0 Å². The molecule has 0 aliphatic rings. The van der Waals surface area contributed by atoms with E-state index in [2.05, 4.69) is 41.8 Å². The van der Waals surface area contributed by atoms with Gasteiger partial charge in [-0.2, -0.15) is 0 Å². The fourth-order valence-corrected chi connectivity index (χ4v) is 1.72. The van der Waals surface area contributed by atoms with Gasteiger partial charge < -0.3 is 16.4 Å². The lowest BCUT2D eigenvalue weighted by Gasteiger charge is -2.08. The Labute approximate surface area is 112 Å². The maximum Gasteiger partial charge on any atom is 0.316 e. The molecule has 2 aromatic rings. The van der Waals surface area contributed by atoms with Gasteiger partial charge in [0.2, 0.25) is 0 Å². The van der Waals surface area contributed by atoms with Crippen LogP contribution in [0.2, 0.25) is 0 Å². The van der Waals surface area contributed by atoms with Crippen LogP contribution >= 0.6 is 0 Å². The predicted molar refractivity (Wildman–Crippen MR) is 78.2 cm³/mol. The molecule has 0 bridgehead atoms. The lowest BCUT2D eigenvalue weighted by atomic mass is 10.1. The van der Waals surface area contributed by atoms with E-state index in [9.17, 15) is 4.79 Å². The zero-order chi connectivity index (χ0) is 13.7. The van der Waals surface area contributed by atoms with Gasteiger partial charge in [-0.25, -0.2) is 4.79 Å². The van der Waals surface area contributed by atoms with Gasteiger partial charge in [-0.05, 0) is 36.8 Å². The molecule has 0 aliphatic carbocycles. The van der Waals surface area contributed by atoms with Gasteiger partial charge >= 0.3 is 6.03 Å². The Hall–Kier alpha value is -2.49. The highest BCUT2D eigenvalue weighted by molar-refractivity contribution is 5.87. The van der Waals surface area contributed by atoms with Gasteiger partial charge in [0.1, 0.15) is 0 Å². The number of hydrogen-bond donors (Lipinski definition) is 3. The van der Waals surface area contributed by atoms with E-state index in [1.54, 1.807) is 0 Å². The van der Waals surface area contributed by atoms with Gasteiger partial charge in [-0.1, -0.05) is 29.8 Å². The molecule has 0 heterocycles. The number of amides is 2. The summed E-state index contributed by atoms with van der Waals surface area (Å²) >= 11 is 0. The van der Waals surface area contributed by atoms with Crippen LogP contribution in [0.4, 0.5) is 16.2 Å². The molecule has 0 atom stereocenters. The van der Waals surface area contributed by atoms with Gasteiger partial charge in [0.25, 0.3) is 0 Å². The molecular formula is C15H17N3O. The molecule has 0 unspecified atom stereocenters. The van der Waals surface area contributed by atoms with Crippen molar-refractivity contribution in [2.24, 2.45) is 5.73 Å². The lowest BCUT2D eigenvalue weighted by molar-refractivity contribution is 0.259. The van der Waals surface area contributed by atoms with Gasteiger partial charge in [0.15, 0.2) is 0 Å². The van der Waals surface area contributed by atoms with Crippen molar-refractivity contribution in [3.05, 3.63) is 59.7 Å². The highest BCUT2D eigenvalue weighted by atomic mass is 16.2. The van der Waals surface area contributed by atoms with E-state index in [0.717, 1.165) is 12.2 Å². The maximum absolute atomic E-state index is 10.7. The summed E-state index contributed by atoms with van der Waals surface area (Å²) in [5, 5.41) is 5.84. The average Bonchev–Trinajstić information content (AvgIpc) is 2.39. The molecule has 0 saturated carbocycles. The van der Waals surface area contributed by atoms with E-state index in [1.807, 2.05) is 24.3 Å². The summed E-state index contributed by atoms with van der Waals surface area (Å²) in [6.07, 6.45) is 0. The number of urea groups is 1. The van der Waals surface area contributed by atoms with Crippen molar-refractivity contribution in [2.45, 2.75) is 13.5 Å². The first-order chi connectivity index (χ1) is 9.13. The molecule has 4 nitrogen and oxygen atoms in total. The van der Waals surface area contributed by atoms with Crippen molar-refractivity contribution < 1.29 is 4.79 Å². The third-order valence-electron chi connectivity index (χ3n) is 2.77. The molecule has 2 rings (SSSR count). The third kappa shape index (κ3) is 4.03. The van der Waals surface area contributed by atoms with Crippen LogP contribution in [0.15, 0.2) is 48.5 Å². The largest absolute Gasteiger partial charge is 0.381 e. The number of hydrogen-bond acceptors (Lipinski definition) is 2. The van der Waals surface area contributed by atoms with Crippen molar-refractivity contribution in [3.63, 3.8) is 0 Å². The Kier molecular flexibility index (Phi) is 4.03. The molecule has 4 heteroatoms. The van der Waals surface area contributed by atoms with Crippen molar-refractivity contribution >= 4 is 17.4 Å². The number of nitrogens with one attached hydrogen (secondary N) is 2. The first-order valence-corrected chi connectivity index (χ1v) is 6.09. The topological polar surface area (TPSA) is 67.2 Å². The minimum atomic E-state index is -0.555. The van der Waals surface area contributed by atoms with E-state index in [4.69, 9.17) is 5.73 Å². The molecule has 0 saturated heterocycles. The highest BCUT2D eigenvalue weighted by Crippen LogP contribution is 2.14. The minimum absolute atomic E-state index is 0.555. The number of carbonyl (C=O) groups excluding carboxylic acids is 1. The second-order valence-electron chi connectivity index (χ2n) is 4.41. The Balaban J connectivity index is 1.92. The summed E-state index contributed by atoms with van der Waals surface area (Å²) in [5.41, 5.74) is 9.21. The van der Waals surface area contributed by atoms with Crippen molar-refractivity contribution in [1.82, 2.24) is 0 Å². The lowest BCUT2D eigenvalue weighted by Crippen LogP contribution is -2.19. The molecule has 0 spiro atoms. The fraction of sp³-hybridized carbons (Fsp3) is 0.133. The number of aryl methyl sites for hydroxylation is 1. The summed E-state index contributed by atoms with van der Waals surface area (Å²) in [6.45, 7) is 2.84. The number of anilines is 2. The van der Waals surface area contributed by atoms with E-state index in [0.29, 0.717) is 5.69 Å². The monoisotopic (exact) mass is 255 g/mol. The standard InChI is InChI=1S/C15H17N3O/c1-11-2-4-12(5-3-11)10-17-13-6-8-14(9-7-13)18-15(16)19/h2-9,17H,10H2,1H3,(H3,16,18,19). The molecular weight excluding hydrogens is 238 g/mol. The third-order valence-corrected chi connectivity index (χ3v) is 2.77. The number of nitrogens with two attached hydrogens (primary N) is 1. The molecule has 2 aromatic carbocycles. The average molecular weight is 255 g/mol. The van der Waals surface area contributed by atoms with Crippen LogP contribution < -0.4 is 16.4 Å². The molecule has 0 radical (unpaired) electrons. The summed E-state index contributed by atoms with van der Waals surface area (Å²) in [4.78, 5) is 10.7. The van der Waals surface area contributed by atoms with Crippen LogP contribution in [0, 0.1) is 6.92 Å². The first kappa shape index (κ1) is 13.0. The molecule has 4 N–H and O–H groups in total. The van der Waals surface area contributed by atoms with E-state index in [-0.39, 0.29) is 0 Å². The van der Waals surface area contributed by atoms with Crippen LogP contribution in [0.5, 0.6) is 0 Å². The van der Waals surface area contributed by atoms with Crippen LogP contribution in [0.3, 0.4) is 0 Å². The summed E-state index contributed by atoms with van der Waals surface area (Å²) in [6, 6.07) is 15.3. The number of benzene rings is 2.